The first-order valence-electron chi connectivity index (χ1n) is 7.28. The molecule has 0 bridgehead atoms. The first-order valence-corrected chi connectivity index (χ1v) is 7.28. The van der Waals surface area contributed by atoms with Gasteiger partial charge in [0, 0.05) is 18.8 Å². The first-order chi connectivity index (χ1) is 10.3. The number of nitrogens with zero attached hydrogens (tertiary/aromatic N) is 1. The molecule has 1 aromatic carbocycles. The van der Waals surface area contributed by atoms with E-state index in [2.05, 4.69) is 22.4 Å². The lowest BCUT2D eigenvalue weighted by atomic mass is 10.2. The summed E-state index contributed by atoms with van der Waals surface area (Å²) >= 11 is 0. The van der Waals surface area contributed by atoms with Crippen molar-refractivity contribution < 1.29 is 9.47 Å². The minimum Gasteiger partial charge on any atom is -0.489 e. The van der Waals surface area contributed by atoms with Gasteiger partial charge in [0.05, 0.1) is 12.7 Å². The third-order valence-electron chi connectivity index (χ3n) is 3.51. The fourth-order valence-corrected chi connectivity index (χ4v) is 2.17. The van der Waals surface area contributed by atoms with Crippen molar-refractivity contribution in [1.82, 2.24) is 10.3 Å². The lowest BCUT2D eigenvalue weighted by molar-refractivity contribution is 0.293. The van der Waals surface area contributed by atoms with E-state index in [0.717, 1.165) is 17.9 Å². The molecule has 1 aliphatic rings. The van der Waals surface area contributed by atoms with Gasteiger partial charge in [0.1, 0.15) is 12.4 Å². The Morgan fingerprint density at radius 3 is 2.95 bits per heavy atom. The second kappa shape index (κ2) is 6.59. The Morgan fingerprint density at radius 2 is 2.14 bits per heavy atom. The fourth-order valence-electron chi connectivity index (χ4n) is 2.17. The van der Waals surface area contributed by atoms with E-state index in [1.54, 1.807) is 13.3 Å². The van der Waals surface area contributed by atoms with Crippen LogP contribution >= 0.6 is 0 Å². The highest BCUT2D eigenvalue weighted by Crippen LogP contribution is 2.21. The minimum atomic E-state index is 0.455. The summed E-state index contributed by atoms with van der Waals surface area (Å²) in [6.07, 6.45) is 4.32. The maximum atomic E-state index is 5.85. The normalized spacial score (nSPS) is 14.0. The van der Waals surface area contributed by atoms with E-state index >= 15 is 0 Å². The Hall–Kier alpha value is -2.07. The Labute approximate surface area is 125 Å². The van der Waals surface area contributed by atoms with Gasteiger partial charge in [-0.3, -0.25) is 0 Å². The van der Waals surface area contributed by atoms with Crippen molar-refractivity contribution in [2.75, 3.05) is 7.11 Å². The Kier molecular flexibility index (Phi) is 4.36. The van der Waals surface area contributed by atoms with E-state index in [0.29, 0.717) is 18.5 Å². The summed E-state index contributed by atoms with van der Waals surface area (Å²) < 4.78 is 11.1. The van der Waals surface area contributed by atoms with E-state index in [-0.39, 0.29) is 0 Å². The summed E-state index contributed by atoms with van der Waals surface area (Å²) in [5.74, 6) is 1.49. The predicted molar refractivity (Wildman–Crippen MR) is 81.4 cm³/mol. The smallest absolute Gasteiger partial charge is 0.219 e. The van der Waals surface area contributed by atoms with E-state index in [1.165, 1.54) is 18.4 Å². The van der Waals surface area contributed by atoms with E-state index in [4.69, 9.17) is 9.47 Å². The van der Waals surface area contributed by atoms with Crippen molar-refractivity contribution in [2.45, 2.75) is 32.0 Å². The van der Waals surface area contributed by atoms with Gasteiger partial charge < -0.3 is 14.8 Å². The van der Waals surface area contributed by atoms with Crippen molar-refractivity contribution in [3.8, 4) is 11.6 Å². The Morgan fingerprint density at radius 1 is 1.24 bits per heavy atom. The average molecular weight is 284 g/mol. The molecule has 0 atom stereocenters. The van der Waals surface area contributed by atoms with Gasteiger partial charge in [-0.2, -0.15) is 0 Å². The van der Waals surface area contributed by atoms with Crippen molar-refractivity contribution >= 4 is 0 Å². The summed E-state index contributed by atoms with van der Waals surface area (Å²) in [4.78, 5) is 4.17. The number of nitrogens with one attached hydrogen (secondary N) is 1. The summed E-state index contributed by atoms with van der Waals surface area (Å²) in [5.41, 5.74) is 2.19. The molecule has 2 aromatic rings. The zero-order valence-electron chi connectivity index (χ0n) is 12.2. The summed E-state index contributed by atoms with van der Waals surface area (Å²) in [6.45, 7) is 1.36. The molecule has 110 valence electrons. The van der Waals surface area contributed by atoms with E-state index in [1.807, 2.05) is 24.3 Å². The predicted octanol–water partition coefficient (Wildman–Crippen LogP) is 2.92. The van der Waals surface area contributed by atoms with Gasteiger partial charge in [0.15, 0.2) is 0 Å². The highest BCUT2D eigenvalue weighted by atomic mass is 16.5. The van der Waals surface area contributed by atoms with Gasteiger partial charge >= 0.3 is 0 Å². The molecule has 3 rings (SSSR count). The lowest BCUT2D eigenvalue weighted by Crippen LogP contribution is -2.15. The summed E-state index contributed by atoms with van der Waals surface area (Å²) in [7, 11) is 1.62. The van der Waals surface area contributed by atoms with E-state index in [9.17, 15) is 0 Å². The van der Waals surface area contributed by atoms with Crippen molar-refractivity contribution in [2.24, 2.45) is 0 Å². The number of hydrogen-bond acceptors (Lipinski definition) is 4. The molecule has 0 aliphatic heterocycles. The third kappa shape index (κ3) is 3.95. The number of rotatable bonds is 7. The molecular formula is C17H20N2O2. The van der Waals surface area contributed by atoms with Gasteiger partial charge in [-0.25, -0.2) is 4.98 Å². The monoisotopic (exact) mass is 284 g/mol. The molecular weight excluding hydrogens is 264 g/mol. The topological polar surface area (TPSA) is 43.4 Å². The van der Waals surface area contributed by atoms with Crippen molar-refractivity contribution in [3.63, 3.8) is 0 Å². The van der Waals surface area contributed by atoms with Crippen LogP contribution in [0.4, 0.5) is 0 Å². The van der Waals surface area contributed by atoms with Crippen LogP contribution in [-0.4, -0.2) is 18.1 Å². The van der Waals surface area contributed by atoms with Gasteiger partial charge in [-0.05, 0) is 42.7 Å². The highest BCUT2D eigenvalue weighted by molar-refractivity contribution is 5.30. The van der Waals surface area contributed by atoms with Crippen LogP contribution in [0.1, 0.15) is 24.0 Å². The molecule has 1 fully saturated rings. The molecule has 1 aliphatic carbocycles. The molecule has 0 radical (unpaired) electrons. The van der Waals surface area contributed by atoms with Crippen LogP contribution in [0.5, 0.6) is 11.6 Å². The zero-order chi connectivity index (χ0) is 14.5. The number of pyridine rings is 1. The van der Waals surface area contributed by atoms with Gasteiger partial charge in [-0.1, -0.05) is 12.1 Å². The second-order valence-electron chi connectivity index (χ2n) is 5.26. The summed E-state index contributed by atoms with van der Waals surface area (Å²) in [6, 6.07) is 12.8. The van der Waals surface area contributed by atoms with Gasteiger partial charge in [0.2, 0.25) is 5.88 Å². The lowest BCUT2D eigenvalue weighted by Gasteiger charge is -2.10. The van der Waals surface area contributed by atoms with Crippen molar-refractivity contribution in [1.29, 1.82) is 0 Å². The van der Waals surface area contributed by atoms with Crippen molar-refractivity contribution in [3.05, 3.63) is 53.7 Å². The number of ether oxygens (including phenoxy) is 2. The molecule has 1 N–H and O–H groups in total. The highest BCUT2D eigenvalue weighted by Gasteiger charge is 2.19. The van der Waals surface area contributed by atoms with Crippen LogP contribution in [0.15, 0.2) is 42.6 Å². The van der Waals surface area contributed by atoms with Crippen LogP contribution in [0.25, 0.3) is 0 Å². The quantitative estimate of drug-likeness (QED) is 0.849. The maximum absolute atomic E-state index is 5.85. The maximum Gasteiger partial charge on any atom is 0.219 e. The largest absolute Gasteiger partial charge is 0.489 e. The fraction of sp³-hybridized carbons (Fsp3) is 0.353. The molecule has 0 saturated heterocycles. The second-order valence-corrected chi connectivity index (χ2v) is 5.26. The molecule has 1 saturated carbocycles. The van der Waals surface area contributed by atoms with Crippen LogP contribution < -0.4 is 14.8 Å². The Bertz CT molecular complexity index is 597. The number of methoxy groups -OCH3 is 1. The van der Waals surface area contributed by atoms with Crippen LogP contribution in [0, 0.1) is 0 Å². The standard InChI is InChI=1S/C17H20N2O2/c1-20-17-14(5-3-9-18-17)12-21-16-6-2-4-13(10-16)11-19-15-7-8-15/h2-6,9-10,15,19H,7-8,11-12H2,1H3. The number of hydrogen-bond donors (Lipinski definition) is 1. The molecule has 0 spiro atoms. The minimum absolute atomic E-state index is 0.455. The van der Waals surface area contributed by atoms with Crippen LogP contribution in [0.2, 0.25) is 0 Å². The van der Waals surface area contributed by atoms with Gasteiger partial charge in [-0.15, -0.1) is 0 Å². The number of aromatic nitrogens is 1. The molecule has 4 heteroatoms. The third-order valence-corrected chi connectivity index (χ3v) is 3.51. The number of benzene rings is 1. The van der Waals surface area contributed by atoms with Crippen LogP contribution in [-0.2, 0) is 13.2 Å². The average Bonchev–Trinajstić information content (AvgIpc) is 3.36. The Balaban J connectivity index is 1.60. The SMILES string of the molecule is COc1ncccc1COc1cccc(CNC2CC2)c1. The molecule has 1 heterocycles. The first kappa shape index (κ1) is 13.9. The molecule has 21 heavy (non-hydrogen) atoms. The molecule has 0 amide bonds. The molecule has 0 unspecified atom stereocenters. The van der Waals surface area contributed by atoms with E-state index < -0.39 is 0 Å². The van der Waals surface area contributed by atoms with Gasteiger partial charge in [0.25, 0.3) is 0 Å². The van der Waals surface area contributed by atoms with Crippen LogP contribution in [0.3, 0.4) is 0 Å². The molecule has 1 aromatic heterocycles. The molecule has 4 nitrogen and oxygen atoms in total. The summed E-state index contributed by atoms with van der Waals surface area (Å²) in [5, 5.41) is 3.51. The zero-order valence-corrected chi connectivity index (χ0v) is 12.2.